The van der Waals surface area contributed by atoms with Crippen LogP contribution in [0.1, 0.15) is 35.7 Å². The number of rotatable bonds is 6. The van der Waals surface area contributed by atoms with E-state index in [1.807, 2.05) is 23.1 Å². The smallest absolute Gasteiger partial charge is 0.257 e. The lowest BCUT2D eigenvalue weighted by atomic mass is 10.1. The van der Waals surface area contributed by atoms with Crippen LogP contribution in [-0.4, -0.2) is 64.9 Å². The summed E-state index contributed by atoms with van der Waals surface area (Å²) in [5.74, 6) is 1.03. The van der Waals surface area contributed by atoms with Crippen molar-refractivity contribution in [1.82, 2.24) is 19.8 Å². The van der Waals surface area contributed by atoms with Crippen LogP contribution in [0.4, 0.5) is 0 Å². The molecule has 2 aromatic carbocycles. The number of amides is 2. The molecule has 4 rings (SSSR count). The fourth-order valence-electron chi connectivity index (χ4n) is 4.03. The molecule has 0 saturated carbocycles. The Kier molecular flexibility index (Phi) is 6.72. The van der Waals surface area contributed by atoms with Crippen molar-refractivity contribution in [1.29, 1.82) is 0 Å². The van der Waals surface area contributed by atoms with Crippen LogP contribution in [0.5, 0.6) is 11.5 Å². The first-order valence-corrected chi connectivity index (χ1v) is 11.0. The summed E-state index contributed by atoms with van der Waals surface area (Å²) in [6, 6.07) is 11.1. The van der Waals surface area contributed by atoms with Crippen molar-refractivity contribution in [2.45, 2.75) is 32.4 Å². The van der Waals surface area contributed by atoms with Gasteiger partial charge in [0.25, 0.3) is 5.91 Å². The third-order valence-electron chi connectivity index (χ3n) is 5.90. The van der Waals surface area contributed by atoms with Gasteiger partial charge < -0.3 is 19.3 Å². The molecule has 2 heterocycles. The van der Waals surface area contributed by atoms with Crippen molar-refractivity contribution < 1.29 is 19.1 Å². The predicted octanol–water partition coefficient (Wildman–Crippen LogP) is 3.30. The Hall–Kier alpha value is -3.68. The maximum atomic E-state index is 13.4. The van der Waals surface area contributed by atoms with Gasteiger partial charge in [0.2, 0.25) is 5.91 Å². The number of piperidine rings is 1. The van der Waals surface area contributed by atoms with Gasteiger partial charge in [0.1, 0.15) is 17.6 Å². The molecule has 0 atom stereocenters. The second kappa shape index (κ2) is 9.85. The largest absolute Gasteiger partial charge is 0.497 e. The summed E-state index contributed by atoms with van der Waals surface area (Å²) < 4.78 is 11.6. The van der Waals surface area contributed by atoms with E-state index in [4.69, 9.17) is 9.47 Å². The molecule has 8 heteroatoms. The number of carbonyl (C=O) groups is 2. The van der Waals surface area contributed by atoms with Crippen LogP contribution in [0.2, 0.25) is 0 Å². The number of fused-ring (bicyclic) bond motifs is 1. The zero-order chi connectivity index (χ0) is 23.4. The van der Waals surface area contributed by atoms with E-state index in [1.165, 1.54) is 0 Å². The number of likely N-dealkylation sites (tertiary alicyclic amines) is 1. The molecule has 0 bridgehead atoms. The van der Waals surface area contributed by atoms with Crippen molar-refractivity contribution in [2.75, 3.05) is 27.2 Å². The van der Waals surface area contributed by atoms with Gasteiger partial charge >= 0.3 is 0 Å². The van der Waals surface area contributed by atoms with Crippen molar-refractivity contribution in [2.24, 2.45) is 0 Å². The van der Waals surface area contributed by atoms with Gasteiger partial charge in [-0.2, -0.15) is 0 Å². The zero-order valence-electron chi connectivity index (χ0n) is 19.2. The topological polar surface area (TPSA) is 84.9 Å². The summed E-state index contributed by atoms with van der Waals surface area (Å²) in [7, 11) is 3.33. The van der Waals surface area contributed by atoms with Crippen molar-refractivity contribution in [3.63, 3.8) is 0 Å². The molecule has 0 radical (unpaired) electrons. The fraction of sp³-hybridized carbons (Fsp3) is 0.360. The normalized spacial score (nSPS) is 14.2. The van der Waals surface area contributed by atoms with Gasteiger partial charge in [-0.05, 0) is 35.9 Å². The molecule has 1 aliphatic heterocycles. The maximum absolute atomic E-state index is 13.4. The minimum Gasteiger partial charge on any atom is -0.497 e. The Balaban J connectivity index is 1.51. The number of ether oxygens (including phenoxy) is 2. The van der Waals surface area contributed by atoms with E-state index in [2.05, 4.69) is 9.97 Å². The first-order valence-electron chi connectivity index (χ1n) is 11.0. The van der Waals surface area contributed by atoms with Crippen molar-refractivity contribution in [3.8, 4) is 11.5 Å². The molecule has 33 heavy (non-hydrogen) atoms. The standard InChI is InChI=1S/C25H28N4O4/c1-17(30)29-12-8-19(9-13-29)33-24-7-5-20(32-3)15-21(24)25(31)28(2)16-18-4-6-22-23(14-18)27-11-10-26-22/h4-7,10-11,14-15,19H,8-9,12-13,16H2,1-3H3. The van der Waals surface area contributed by atoms with Gasteiger partial charge in [0, 0.05) is 58.8 Å². The highest BCUT2D eigenvalue weighted by atomic mass is 16.5. The number of carbonyl (C=O) groups excluding carboxylic acids is 2. The summed E-state index contributed by atoms with van der Waals surface area (Å²) in [6.07, 6.45) is 4.72. The van der Waals surface area contributed by atoms with E-state index >= 15 is 0 Å². The first kappa shape index (κ1) is 22.5. The van der Waals surface area contributed by atoms with Crippen LogP contribution in [0.25, 0.3) is 11.0 Å². The highest BCUT2D eigenvalue weighted by molar-refractivity contribution is 5.97. The van der Waals surface area contributed by atoms with Gasteiger partial charge in [-0.3, -0.25) is 19.6 Å². The summed E-state index contributed by atoms with van der Waals surface area (Å²) in [5.41, 5.74) is 3.01. The number of aromatic nitrogens is 2. The van der Waals surface area contributed by atoms with Crippen LogP contribution < -0.4 is 9.47 Å². The molecule has 8 nitrogen and oxygen atoms in total. The fourth-order valence-corrected chi connectivity index (χ4v) is 4.03. The summed E-state index contributed by atoms with van der Waals surface area (Å²) in [5, 5.41) is 0. The van der Waals surface area contributed by atoms with E-state index in [0.29, 0.717) is 36.7 Å². The van der Waals surface area contributed by atoms with Gasteiger partial charge in [-0.15, -0.1) is 0 Å². The van der Waals surface area contributed by atoms with Crippen molar-refractivity contribution in [3.05, 3.63) is 59.9 Å². The van der Waals surface area contributed by atoms with E-state index < -0.39 is 0 Å². The molecular weight excluding hydrogens is 420 g/mol. The number of nitrogens with zero attached hydrogens (tertiary/aromatic N) is 4. The molecule has 1 aromatic heterocycles. The van der Waals surface area contributed by atoms with Crippen molar-refractivity contribution >= 4 is 22.8 Å². The molecule has 0 unspecified atom stereocenters. The van der Waals surface area contributed by atoms with E-state index in [1.54, 1.807) is 56.6 Å². The number of methoxy groups -OCH3 is 1. The summed E-state index contributed by atoms with van der Waals surface area (Å²) in [4.78, 5) is 37.1. The first-order chi connectivity index (χ1) is 15.9. The average molecular weight is 449 g/mol. The lowest BCUT2D eigenvalue weighted by Gasteiger charge is -2.32. The number of benzene rings is 2. The molecule has 3 aromatic rings. The predicted molar refractivity (Wildman–Crippen MR) is 124 cm³/mol. The third-order valence-corrected chi connectivity index (χ3v) is 5.90. The van der Waals surface area contributed by atoms with E-state index in [-0.39, 0.29) is 17.9 Å². The number of hydrogen-bond acceptors (Lipinski definition) is 6. The van der Waals surface area contributed by atoms with Crippen LogP contribution in [-0.2, 0) is 11.3 Å². The second-order valence-corrected chi connectivity index (χ2v) is 8.23. The van der Waals surface area contributed by atoms with Crippen LogP contribution in [0, 0.1) is 0 Å². The van der Waals surface area contributed by atoms with E-state index in [9.17, 15) is 9.59 Å². The molecule has 0 spiro atoms. The van der Waals surface area contributed by atoms with Gasteiger partial charge in [0.15, 0.2) is 0 Å². The van der Waals surface area contributed by atoms with Gasteiger partial charge in [-0.1, -0.05) is 6.07 Å². The lowest BCUT2D eigenvalue weighted by Crippen LogP contribution is -2.40. The van der Waals surface area contributed by atoms with Crippen LogP contribution in [0.15, 0.2) is 48.8 Å². The monoisotopic (exact) mass is 448 g/mol. The average Bonchev–Trinajstić information content (AvgIpc) is 2.84. The Morgan fingerprint density at radius 1 is 1.06 bits per heavy atom. The van der Waals surface area contributed by atoms with Gasteiger partial charge in [0.05, 0.1) is 23.7 Å². The molecule has 172 valence electrons. The van der Waals surface area contributed by atoms with Crippen LogP contribution in [0.3, 0.4) is 0 Å². The quantitative estimate of drug-likeness (QED) is 0.575. The minimum atomic E-state index is -0.163. The number of hydrogen-bond donors (Lipinski definition) is 0. The van der Waals surface area contributed by atoms with Gasteiger partial charge in [-0.25, -0.2) is 0 Å². The Bertz CT molecular complexity index is 1160. The molecule has 0 aliphatic carbocycles. The van der Waals surface area contributed by atoms with Crippen LogP contribution >= 0.6 is 0 Å². The SMILES string of the molecule is COc1ccc(OC2CCN(C(C)=O)CC2)c(C(=O)N(C)Cc2ccc3nccnc3c2)c1. The highest BCUT2D eigenvalue weighted by Crippen LogP contribution is 2.29. The zero-order valence-corrected chi connectivity index (χ0v) is 19.2. The molecule has 0 N–H and O–H groups in total. The maximum Gasteiger partial charge on any atom is 0.257 e. The second-order valence-electron chi connectivity index (χ2n) is 8.23. The highest BCUT2D eigenvalue weighted by Gasteiger charge is 2.25. The minimum absolute atomic E-state index is 0.0510. The summed E-state index contributed by atoms with van der Waals surface area (Å²) >= 11 is 0. The lowest BCUT2D eigenvalue weighted by molar-refractivity contribution is -0.130. The Labute approximate surface area is 193 Å². The molecule has 1 aliphatic rings. The molecule has 1 saturated heterocycles. The Morgan fingerprint density at radius 3 is 2.48 bits per heavy atom. The summed E-state index contributed by atoms with van der Waals surface area (Å²) in [6.45, 7) is 3.31. The Morgan fingerprint density at radius 2 is 1.79 bits per heavy atom. The van der Waals surface area contributed by atoms with E-state index in [0.717, 1.165) is 29.4 Å². The molecule has 1 fully saturated rings. The third kappa shape index (κ3) is 5.22. The molecular formula is C25H28N4O4. The molecule has 2 amide bonds.